The Morgan fingerprint density at radius 1 is 1.13 bits per heavy atom. The van der Waals surface area contributed by atoms with Crippen molar-refractivity contribution in [2.45, 2.75) is 31.6 Å². The van der Waals surface area contributed by atoms with Crippen LogP contribution in [0.25, 0.3) is 0 Å². The Hall–Kier alpha value is -2.58. The molecule has 168 valence electrons. The molecule has 0 radical (unpaired) electrons. The predicted molar refractivity (Wildman–Crippen MR) is 125 cm³/mol. The molecule has 0 atom stereocenters. The van der Waals surface area contributed by atoms with Gasteiger partial charge in [0.25, 0.3) is 15.9 Å². The Kier molecular flexibility index (Phi) is 7.56. The van der Waals surface area contributed by atoms with Crippen molar-refractivity contribution in [1.82, 2.24) is 10.2 Å². The fourth-order valence-corrected chi connectivity index (χ4v) is 4.64. The minimum absolute atomic E-state index is 0.0987. The first-order valence-electron chi connectivity index (χ1n) is 10.8. The number of nitrogens with one attached hydrogen (secondary N) is 2. The number of rotatable bonds is 8. The quantitative estimate of drug-likeness (QED) is 0.654. The molecule has 0 bridgehead atoms. The number of unbranched alkanes of at least 4 members (excludes halogenated alkanes) is 1. The van der Waals surface area contributed by atoms with Crippen LogP contribution >= 0.6 is 0 Å². The lowest BCUT2D eigenvalue weighted by Crippen LogP contribution is -2.44. The first-order valence-corrected chi connectivity index (χ1v) is 12.2. The van der Waals surface area contributed by atoms with Crippen molar-refractivity contribution in [2.75, 3.05) is 49.4 Å². The largest absolute Gasteiger partial charge is 0.368 e. The third-order valence-corrected chi connectivity index (χ3v) is 6.86. The summed E-state index contributed by atoms with van der Waals surface area (Å²) in [7, 11) is -1.95. The van der Waals surface area contributed by atoms with E-state index in [2.05, 4.69) is 21.9 Å². The van der Waals surface area contributed by atoms with Crippen molar-refractivity contribution in [3.05, 3.63) is 53.6 Å². The zero-order valence-electron chi connectivity index (χ0n) is 18.5. The van der Waals surface area contributed by atoms with Crippen LogP contribution in [0, 0.1) is 6.92 Å². The highest BCUT2D eigenvalue weighted by molar-refractivity contribution is 7.92. The molecular formula is C23H32N4O3S. The van der Waals surface area contributed by atoms with Crippen molar-refractivity contribution in [2.24, 2.45) is 0 Å². The molecule has 1 aliphatic heterocycles. The molecule has 2 aromatic carbocycles. The van der Waals surface area contributed by atoms with Gasteiger partial charge in [-0.1, -0.05) is 31.0 Å². The molecule has 1 saturated heterocycles. The molecule has 7 nitrogen and oxygen atoms in total. The van der Waals surface area contributed by atoms with Gasteiger partial charge in [-0.05, 0) is 43.7 Å². The highest BCUT2D eigenvalue weighted by Crippen LogP contribution is 2.27. The summed E-state index contributed by atoms with van der Waals surface area (Å²) in [5, 5.41) is 3.32. The van der Waals surface area contributed by atoms with Crippen LogP contribution in [0.2, 0.25) is 0 Å². The van der Waals surface area contributed by atoms with Crippen LogP contribution in [-0.2, 0) is 10.0 Å². The van der Waals surface area contributed by atoms with Gasteiger partial charge in [-0.15, -0.1) is 0 Å². The number of sulfonamides is 1. The van der Waals surface area contributed by atoms with E-state index in [1.165, 1.54) is 0 Å². The first kappa shape index (κ1) is 23.1. The molecule has 31 heavy (non-hydrogen) atoms. The number of nitrogens with zero attached hydrogens (tertiary/aromatic N) is 2. The lowest BCUT2D eigenvalue weighted by atomic mass is 10.1. The fourth-order valence-electron chi connectivity index (χ4n) is 3.59. The van der Waals surface area contributed by atoms with E-state index in [9.17, 15) is 13.2 Å². The lowest BCUT2D eigenvalue weighted by molar-refractivity contribution is 0.0794. The third-order valence-electron chi connectivity index (χ3n) is 5.46. The van der Waals surface area contributed by atoms with Crippen LogP contribution in [0.4, 0.5) is 11.4 Å². The Morgan fingerprint density at radius 2 is 1.81 bits per heavy atom. The molecule has 0 spiro atoms. The number of amides is 1. The van der Waals surface area contributed by atoms with Gasteiger partial charge in [-0.25, -0.2) is 8.42 Å². The van der Waals surface area contributed by atoms with E-state index in [1.807, 2.05) is 13.0 Å². The number of hydrogen-bond donors (Lipinski definition) is 2. The minimum Gasteiger partial charge on any atom is -0.368 e. The highest BCUT2D eigenvalue weighted by Gasteiger charge is 2.23. The summed E-state index contributed by atoms with van der Waals surface area (Å²) in [6.07, 6.45) is 1.92. The number of hydrogen-bond acceptors (Lipinski definition) is 5. The molecule has 0 aromatic heterocycles. The van der Waals surface area contributed by atoms with E-state index in [0.29, 0.717) is 17.8 Å². The smallest absolute Gasteiger partial charge is 0.261 e. The molecule has 1 aliphatic rings. The number of carbonyl (C=O) groups excluding carboxylic acids is 1. The molecule has 1 fully saturated rings. The molecule has 2 N–H and O–H groups in total. The van der Waals surface area contributed by atoms with Gasteiger partial charge >= 0.3 is 0 Å². The van der Waals surface area contributed by atoms with Crippen LogP contribution in [0.1, 0.15) is 35.7 Å². The van der Waals surface area contributed by atoms with Crippen molar-refractivity contribution < 1.29 is 13.2 Å². The Bertz CT molecular complexity index is 1000. The zero-order chi connectivity index (χ0) is 22.4. The van der Waals surface area contributed by atoms with Gasteiger partial charge in [-0.3, -0.25) is 9.52 Å². The van der Waals surface area contributed by atoms with E-state index < -0.39 is 10.0 Å². The van der Waals surface area contributed by atoms with E-state index in [1.54, 1.807) is 48.3 Å². The van der Waals surface area contributed by atoms with Crippen LogP contribution in [0.5, 0.6) is 0 Å². The van der Waals surface area contributed by atoms with Crippen LogP contribution < -0.4 is 14.9 Å². The van der Waals surface area contributed by atoms with Crippen LogP contribution in [0.15, 0.2) is 47.4 Å². The summed E-state index contributed by atoms with van der Waals surface area (Å²) < 4.78 is 28.3. The minimum atomic E-state index is -3.74. The number of aryl methyl sites for hydroxylation is 1. The van der Waals surface area contributed by atoms with Crippen molar-refractivity contribution in [3.8, 4) is 0 Å². The molecule has 1 heterocycles. The van der Waals surface area contributed by atoms with Gasteiger partial charge in [0.2, 0.25) is 0 Å². The maximum Gasteiger partial charge on any atom is 0.261 e. The second kappa shape index (κ2) is 10.2. The first-order chi connectivity index (χ1) is 14.8. The zero-order valence-corrected chi connectivity index (χ0v) is 19.3. The topological polar surface area (TPSA) is 81.8 Å². The number of carbonyl (C=O) groups is 1. The second-order valence-corrected chi connectivity index (χ2v) is 9.65. The SMILES string of the molecule is CCCCN(C)C(=O)c1cc(NS(=O)(=O)c2ccc(C)cc2)ccc1N1CCNCC1. The Labute approximate surface area is 185 Å². The number of piperazine rings is 1. The predicted octanol–water partition coefficient (Wildman–Crippen LogP) is 3.08. The lowest BCUT2D eigenvalue weighted by Gasteiger charge is -2.32. The van der Waals surface area contributed by atoms with Crippen molar-refractivity contribution >= 4 is 27.3 Å². The average Bonchev–Trinajstić information content (AvgIpc) is 2.77. The van der Waals surface area contributed by atoms with E-state index in [4.69, 9.17) is 0 Å². The third kappa shape index (κ3) is 5.77. The fraction of sp³-hybridized carbons (Fsp3) is 0.435. The standard InChI is InChI=1S/C23H32N4O3S/c1-4-5-14-26(3)23(28)21-17-19(8-11-22(21)27-15-12-24-13-16-27)25-31(29,30)20-9-6-18(2)7-10-20/h6-11,17,24-25H,4-5,12-16H2,1-3H3. The van der Waals surface area contributed by atoms with Gasteiger partial charge < -0.3 is 15.1 Å². The average molecular weight is 445 g/mol. The molecule has 2 aromatic rings. The van der Waals surface area contributed by atoms with Gasteiger partial charge in [0, 0.05) is 51.1 Å². The maximum absolute atomic E-state index is 13.2. The summed E-state index contributed by atoms with van der Waals surface area (Å²) in [6, 6.07) is 11.9. The van der Waals surface area contributed by atoms with Crippen LogP contribution in [0.3, 0.4) is 0 Å². The van der Waals surface area contributed by atoms with Crippen molar-refractivity contribution in [3.63, 3.8) is 0 Å². The molecule has 0 saturated carbocycles. The summed E-state index contributed by atoms with van der Waals surface area (Å²) in [4.78, 5) is 17.3. The summed E-state index contributed by atoms with van der Waals surface area (Å²) >= 11 is 0. The van der Waals surface area contributed by atoms with Gasteiger partial charge in [0.05, 0.1) is 10.5 Å². The van der Waals surface area contributed by atoms with E-state index >= 15 is 0 Å². The molecule has 0 aliphatic carbocycles. The van der Waals surface area contributed by atoms with Crippen molar-refractivity contribution in [1.29, 1.82) is 0 Å². The second-order valence-electron chi connectivity index (χ2n) is 7.97. The number of anilines is 2. The molecular weight excluding hydrogens is 412 g/mol. The summed E-state index contributed by atoms with van der Waals surface area (Å²) in [5.74, 6) is -0.0987. The Morgan fingerprint density at radius 3 is 2.45 bits per heavy atom. The summed E-state index contributed by atoms with van der Waals surface area (Å²) in [5.41, 5.74) is 2.73. The van der Waals surface area contributed by atoms with Gasteiger partial charge in [0.15, 0.2) is 0 Å². The van der Waals surface area contributed by atoms with Gasteiger partial charge in [0.1, 0.15) is 0 Å². The molecule has 1 amide bonds. The van der Waals surface area contributed by atoms with Crippen LogP contribution in [-0.4, -0.2) is 59.0 Å². The van der Waals surface area contributed by atoms with Gasteiger partial charge in [-0.2, -0.15) is 0 Å². The highest BCUT2D eigenvalue weighted by atomic mass is 32.2. The summed E-state index contributed by atoms with van der Waals surface area (Å²) in [6.45, 7) is 7.95. The molecule has 0 unspecified atom stereocenters. The number of benzene rings is 2. The van der Waals surface area contributed by atoms with E-state index in [-0.39, 0.29) is 10.8 Å². The van der Waals surface area contributed by atoms with E-state index in [0.717, 1.165) is 50.3 Å². The maximum atomic E-state index is 13.2. The molecule has 3 rings (SSSR count). The monoisotopic (exact) mass is 444 g/mol. The Balaban J connectivity index is 1.93. The normalized spacial score (nSPS) is 14.4. The molecule has 8 heteroatoms.